The summed E-state index contributed by atoms with van der Waals surface area (Å²) in [6.07, 6.45) is 1.29. The Labute approximate surface area is 114 Å². The van der Waals surface area contributed by atoms with Gasteiger partial charge in [0.1, 0.15) is 17.7 Å². The van der Waals surface area contributed by atoms with Crippen molar-refractivity contribution >= 4 is 11.9 Å². The molecule has 0 heterocycles. The van der Waals surface area contributed by atoms with Crippen LogP contribution in [0.4, 0.5) is 8.78 Å². The van der Waals surface area contributed by atoms with Gasteiger partial charge in [-0.1, -0.05) is 12.5 Å². The van der Waals surface area contributed by atoms with Crippen LogP contribution in [-0.2, 0) is 15.0 Å². The molecule has 108 valence electrons. The van der Waals surface area contributed by atoms with Crippen molar-refractivity contribution in [2.24, 2.45) is 0 Å². The lowest BCUT2D eigenvalue weighted by Crippen LogP contribution is -2.53. The summed E-state index contributed by atoms with van der Waals surface area (Å²) in [6.45, 7) is 1.31. The number of carboxylic acids is 1. The highest BCUT2D eigenvalue weighted by Crippen LogP contribution is 2.46. The second kappa shape index (κ2) is 5.19. The second-order valence-electron chi connectivity index (χ2n) is 5.07. The number of carboxylic acid groups (broad SMARTS) is 1. The molecular formula is C14H15F2NO3. The molecule has 1 aliphatic carbocycles. The molecule has 0 radical (unpaired) electrons. The van der Waals surface area contributed by atoms with E-state index < -0.39 is 35.0 Å². The van der Waals surface area contributed by atoms with Gasteiger partial charge in [-0.05, 0) is 31.9 Å². The smallest absolute Gasteiger partial charge is 0.325 e. The first kappa shape index (κ1) is 14.4. The Hall–Kier alpha value is -1.98. The number of halogens is 2. The Morgan fingerprint density at radius 3 is 2.25 bits per heavy atom. The van der Waals surface area contributed by atoms with Crippen molar-refractivity contribution in [3.05, 3.63) is 35.4 Å². The Morgan fingerprint density at radius 2 is 1.85 bits per heavy atom. The Kier molecular flexibility index (Phi) is 3.74. The Bertz CT molecular complexity index is 535. The highest BCUT2D eigenvalue weighted by Gasteiger charge is 2.49. The van der Waals surface area contributed by atoms with Crippen LogP contribution in [0.25, 0.3) is 0 Å². The standard InChI is InChI=1S/C14H15F2NO3/c1-8(12(18)19)17-13(20)14(6-3-7-14)11-9(15)4-2-5-10(11)16/h2,4-5,8H,3,6-7H2,1H3,(H,17,20)(H,18,19)/t8-/m0/s1. The maximum Gasteiger partial charge on any atom is 0.325 e. The van der Waals surface area contributed by atoms with Crippen LogP contribution >= 0.6 is 0 Å². The minimum atomic E-state index is -1.29. The van der Waals surface area contributed by atoms with Crippen LogP contribution in [-0.4, -0.2) is 23.0 Å². The number of carbonyl (C=O) groups is 2. The number of rotatable bonds is 4. The van der Waals surface area contributed by atoms with Gasteiger partial charge < -0.3 is 10.4 Å². The van der Waals surface area contributed by atoms with Gasteiger partial charge in [0.05, 0.1) is 5.41 Å². The van der Waals surface area contributed by atoms with E-state index in [0.29, 0.717) is 19.3 Å². The normalized spacial score (nSPS) is 17.9. The largest absolute Gasteiger partial charge is 0.480 e. The number of carbonyl (C=O) groups excluding carboxylic acids is 1. The molecule has 1 fully saturated rings. The van der Waals surface area contributed by atoms with E-state index in [1.165, 1.54) is 13.0 Å². The summed E-state index contributed by atoms with van der Waals surface area (Å²) in [4.78, 5) is 23.0. The fourth-order valence-electron chi connectivity index (χ4n) is 2.47. The van der Waals surface area contributed by atoms with E-state index in [1.807, 2.05) is 0 Å². The highest BCUT2D eigenvalue weighted by molar-refractivity contribution is 5.92. The molecule has 6 heteroatoms. The predicted molar refractivity (Wildman–Crippen MR) is 67.1 cm³/mol. The summed E-state index contributed by atoms with van der Waals surface area (Å²) in [7, 11) is 0. The topological polar surface area (TPSA) is 66.4 Å². The molecule has 0 aromatic heterocycles. The number of hydrogen-bond acceptors (Lipinski definition) is 2. The zero-order chi connectivity index (χ0) is 14.9. The summed E-state index contributed by atoms with van der Waals surface area (Å²) in [5, 5.41) is 11.1. The molecule has 20 heavy (non-hydrogen) atoms. The van der Waals surface area contributed by atoms with E-state index in [4.69, 9.17) is 5.11 Å². The molecule has 2 N–H and O–H groups in total. The molecular weight excluding hydrogens is 268 g/mol. The van der Waals surface area contributed by atoms with Crippen molar-refractivity contribution in [2.45, 2.75) is 37.6 Å². The van der Waals surface area contributed by atoms with Crippen LogP contribution in [0.15, 0.2) is 18.2 Å². The summed E-state index contributed by atoms with van der Waals surface area (Å²) >= 11 is 0. The molecule has 1 saturated carbocycles. The van der Waals surface area contributed by atoms with E-state index in [0.717, 1.165) is 12.1 Å². The minimum Gasteiger partial charge on any atom is -0.480 e. The van der Waals surface area contributed by atoms with E-state index in [-0.39, 0.29) is 5.56 Å². The SMILES string of the molecule is C[C@H](NC(=O)C1(c2c(F)cccc2F)CCC1)C(=O)O. The molecule has 4 nitrogen and oxygen atoms in total. The van der Waals surface area contributed by atoms with Gasteiger partial charge >= 0.3 is 5.97 Å². The van der Waals surface area contributed by atoms with Crippen molar-refractivity contribution in [1.29, 1.82) is 0 Å². The molecule has 2 rings (SSSR count). The van der Waals surface area contributed by atoms with Crippen molar-refractivity contribution in [1.82, 2.24) is 5.32 Å². The maximum absolute atomic E-state index is 13.9. The molecule has 0 spiro atoms. The third kappa shape index (κ3) is 2.26. The molecule has 1 aromatic carbocycles. The molecule has 1 aliphatic rings. The fourth-order valence-corrected chi connectivity index (χ4v) is 2.47. The summed E-state index contributed by atoms with van der Waals surface area (Å²) in [5.74, 6) is -3.38. The van der Waals surface area contributed by atoms with Crippen molar-refractivity contribution < 1.29 is 23.5 Å². The number of nitrogens with one attached hydrogen (secondary N) is 1. The van der Waals surface area contributed by atoms with E-state index >= 15 is 0 Å². The fraction of sp³-hybridized carbons (Fsp3) is 0.429. The predicted octanol–water partition coefficient (Wildman–Crippen LogP) is 1.98. The van der Waals surface area contributed by atoms with Crippen LogP contribution in [0.2, 0.25) is 0 Å². The monoisotopic (exact) mass is 283 g/mol. The molecule has 0 bridgehead atoms. The van der Waals surface area contributed by atoms with Crippen LogP contribution < -0.4 is 5.32 Å². The maximum atomic E-state index is 13.9. The molecule has 1 aromatic rings. The zero-order valence-electron chi connectivity index (χ0n) is 11.0. The molecule has 1 amide bonds. The highest BCUT2D eigenvalue weighted by atomic mass is 19.1. The number of aliphatic carboxylic acids is 1. The molecule has 0 saturated heterocycles. The quantitative estimate of drug-likeness (QED) is 0.888. The van der Waals surface area contributed by atoms with Gasteiger partial charge in [-0.25, -0.2) is 8.78 Å². The average Bonchev–Trinajstić information content (AvgIpc) is 2.31. The lowest BCUT2D eigenvalue weighted by Gasteiger charge is -2.41. The molecule has 1 atom stereocenters. The van der Waals surface area contributed by atoms with Gasteiger partial charge in [0, 0.05) is 5.56 Å². The van der Waals surface area contributed by atoms with Gasteiger partial charge in [0.2, 0.25) is 5.91 Å². The molecule has 0 aliphatic heterocycles. The summed E-state index contributed by atoms with van der Waals surface area (Å²) in [5.41, 5.74) is -1.56. The van der Waals surface area contributed by atoms with Crippen molar-refractivity contribution in [3.63, 3.8) is 0 Å². The first-order valence-electron chi connectivity index (χ1n) is 6.37. The summed E-state index contributed by atoms with van der Waals surface area (Å²) < 4.78 is 27.8. The van der Waals surface area contributed by atoms with Gasteiger partial charge in [-0.3, -0.25) is 9.59 Å². The first-order valence-corrected chi connectivity index (χ1v) is 6.37. The zero-order valence-corrected chi connectivity index (χ0v) is 11.0. The number of amides is 1. The van der Waals surface area contributed by atoms with Gasteiger partial charge in [-0.15, -0.1) is 0 Å². The second-order valence-corrected chi connectivity index (χ2v) is 5.07. The van der Waals surface area contributed by atoms with E-state index in [9.17, 15) is 18.4 Å². The van der Waals surface area contributed by atoms with Crippen LogP contribution in [0.1, 0.15) is 31.7 Å². The third-order valence-corrected chi connectivity index (χ3v) is 3.80. The molecule has 0 unspecified atom stereocenters. The van der Waals surface area contributed by atoms with Crippen molar-refractivity contribution in [3.8, 4) is 0 Å². The van der Waals surface area contributed by atoms with Crippen LogP contribution in [0.3, 0.4) is 0 Å². The first-order chi connectivity index (χ1) is 9.38. The van der Waals surface area contributed by atoms with Crippen LogP contribution in [0, 0.1) is 11.6 Å². The lowest BCUT2D eigenvalue weighted by molar-refractivity contribution is -0.143. The number of hydrogen-bond donors (Lipinski definition) is 2. The number of benzene rings is 1. The van der Waals surface area contributed by atoms with E-state index in [2.05, 4.69) is 5.32 Å². The summed E-state index contributed by atoms with van der Waals surface area (Å²) in [6, 6.07) is 2.34. The minimum absolute atomic E-state index is 0.263. The van der Waals surface area contributed by atoms with E-state index in [1.54, 1.807) is 0 Å². The van der Waals surface area contributed by atoms with Gasteiger partial charge in [0.15, 0.2) is 0 Å². The Balaban J connectivity index is 2.35. The Morgan fingerprint density at radius 1 is 1.30 bits per heavy atom. The van der Waals surface area contributed by atoms with Gasteiger partial charge in [0.25, 0.3) is 0 Å². The third-order valence-electron chi connectivity index (χ3n) is 3.80. The lowest BCUT2D eigenvalue weighted by atomic mass is 9.63. The van der Waals surface area contributed by atoms with Crippen LogP contribution in [0.5, 0.6) is 0 Å². The van der Waals surface area contributed by atoms with Crippen molar-refractivity contribution in [2.75, 3.05) is 0 Å². The van der Waals surface area contributed by atoms with Gasteiger partial charge in [-0.2, -0.15) is 0 Å². The average molecular weight is 283 g/mol.